The van der Waals surface area contributed by atoms with E-state index in [1.54, 1.807) is 30.3 Å². The van der Waals surface area contributed by atoms with Crippen LogP contribution < -0.4 is 5.73 Å². The summed E-state index contributed by atoms with van der Waals surface area (Å²) in [5, 5.41) is 19.3. The smallest absolute Gasteiger partial charge is 0.336 e. The Morgan fingerprint density at radius 2 is 1.71 bits per heavy atom. The maximum absolute atomic E-state index is 11.9. The second-order valence-corrected chi connectivity index (χ2v) is 6.35. The van der Waals surface area contributed by atoms with E-state index in [0.29, 0.717) is 6.42 Å². The topological polar surface area (TPSA) is 153 Å². The van der Waals surface area contributed by atoms with E-state index in [0.717, 1.165) is 12.0 Å². The maximum Gasteiger partial charge on any atom is 0.336 e. The Labute approximate surface area is 162 Å². The van der Waals surface area contributed by atoms with Crippen molar-refractivity contribution in [2.45, 2.75) is 50.7 Å². The third-order valence-electron chi connectivity index (χ3n) is 3.85. The molecule has 0 amide bonds. The number of aliphatic carboxylic acids is 1. The molecule has 4 N–H and O–H groups in total. The van der Waals surface area contributed by atoms with E-state index in [9.17, 15) is 24.3 Å². The van der Waals surface area contributed by atoms with Crippen LogP contribution in [0, 0.1) is 0 Å². The van der Waals surface area contributed by atoms with Gasteiger partial charge in [-0.25, -0.2) is 9.59 Å². The minimum absolute atomic E-state index is 0.0717. The fourth-order valence-electron chi connectivity index (χ4n) is 2.25. The van der Waals surface area contributed by atoms with E-state index >= 15 is 0 Å². The van der Waals surface area contributed by atoms with E-state index < -0.39 is 48.4 Å². The van der Waals surface area contributed by atoms with Gasteiger partial charge in [0.25, 0.3) is 0 Å². The van der Waals surface area contributed by atoms with Crippen molar-refractivity contribution < 1.29 is 38.9 Å². The predicted octanol–water partition coefficient (Wildman–Crippen LogP) is 0.565. The Hall–Kier alpha value is -2.78. The lowest BCUT2D eigenvalue weighted by Gasteiger charge is -2.21. The van der Waals surface area contributed by atoms with Gasteiger partial charge in [-0.05, 0) is 18.4 Å². The van der Waals surface area contributed by atoms with Crippen LogP contribution in [-0.2, 0) is 35.1 Å². The molecule has 0 heterocycles. The van der Waals surface area contributed by atoms with Gasteiger partial charge in [-0.3, -0.25) is 9.59 Å². The lowest BCUT2D eigenvalue weighted by Crippen LogP contribution is -2.44. The monoisotopic (exact) mass is 395 g/mol. The number of esters is 3. The number of nitrogens with two attached hydrogens (primary N) is 1. The molecule has 28 heavy (non-hydrogen) atoms. The van der Waals surface area contributed by atoms with Gasteiger partial charge < -0.3 is 25.4 Å². The number of hydrogen-bond donors (Lipinski definition) is 3. The zero-order valence-corrected chi connectivity index (χ0v) is 15.6. The van der Waals surface area contributed by atoms with Crippen molar-refractivity contribution in [1.82, 2.24) is 0 Å². The molecule has 1 rings (SSSR count). The molecule has 0 aliphatic carbocycles. The summed E-state index contributed by atoms with van der Waals surface area (Å²) in [5.74, 6) is -5.15. The molecule has 0 spiro atoms. The van der Waals surface area contributed by atoms with Gasteiger partial charge in [-0.15, -0.1) is 0 Å². The van der Waals surface area contributed by atoms with Gasteiger partial charge in [0.1, 0.15) is 6.04 Å². The molecule has 0 aliphatic rings. The van der Waals surface area contributed by atoms with Crippen molar-refractivity contribution in [3.05, 3.63) is 35.9 Å². The van der Waals surface area contributed by atoms with Crippen LogP contribution in [0.1, 0.15) is 38.2 Å². The van der Waals surface area contributed by atoms with Gasteiger partial charge in [0.05, 0.1) is 19.4 Å². The molecule has 9 nitrogen and oxygen atoms in total. The van der Waals surface area contributed by atoms with Crippen LogP contribution in [0.2, 0.25) is 0 Å². The Kier molecular flexibility index (Phi) is 9.26. The van der Waals surface area contributed by atoms with Crippen molar-refractivity contribution >= 4 is 23.9 Å². The largest absolute Gasteiger partial charge is 0.479 e. The van der Waals surface area contributed by atoms with Gasteiger partial charge in [-0.2, -0.15) is 0 Å². The third-order valence-corrected chi connectivity index (χ3v) is 3.85. The van der Waals surface area contributed by atoms with Gasteiger partial charge in [0.2, 0.25) is 0 Å². The van der Waals surface area contributed by atoms with Crippen LogP contribution >= 0.6 is 0 Å². The molecule has 0 aliphatic heterocycles. The summed E-state index contributed by atoms with van der Waals surface area (Å²) in [4.78, 5) is 46.8. The first-order valence-electron chi connectivity index (χ1n) is 8.83. The molecule has 0 saturated heterocycles. The number of carboxylic acid groups (broad SMARTS) is 1. The first-order valence-corrected chi connectivity index (χ1v) is 8.83. The number of ether oxygens (including phenoxy) is 2. The Balaban J connectivity index is 2.61. The minimum Gasteiger partial charge on any atom is -0.479 e. The number of carbonyl (C=O) groups excluding carboxylic acids is 3. The fourth-order valence-corrected chi connectivity index (χ4v) is 2.25. The summed E-state index contributed by atoms with van der Waals surface area (Å²) in [6.07, 6.45) is -0.610. The van der Waals surface area contributed by atoms with Crippen molar-refractivity contribution in [3.63, 3.8) is 0 Å². The van der Waals surface area contributed by atoms with E-state index in [1.165, 1.54) is 0 Å². The molecule has 0 bridgehead atoms. The van der Waals surface area contributed by atoms with Crippen LogP contribution in [-0.4, -0.2) is 52.3 Å². The molecular weight excluding hydrogens is 370 g/mol. The average Bonchev–Trinajstić information content (AvgIpc) is 2.62. The lowest BCUT2D eigenvalue weighted by molar-refractivity contribution is -0.175. The highest BCUT2D eigenvalue weighted by Gasteiger charge is 2.42. The van der Waals surface area contributed by atoms with Gasteiger partial charge in [-0.1, -0.05) is 43.7 Å². The van der Waals surface area contributed by atoms with Crippen molar-refractivity contribution in [3.8, 4) is 0 Å². The molecule has 1 aromatic carbocycles. The number of unbranched alkanes of at least 4 members (excludes halogenated alkanes) is 1. The number of rotatable bonds is 11. The van der Waals surface area contributed by atoms with Crippen LogP contribution in [0.15, 0.2) is 30.3 Å². The normalized spacial score (nSPS) is 13.8. The van der Waals surface area contributed by atoms with E-state index in [2.05, 4.69) is 4.74 Å². The minimum atomic E-state index is -2.75. The highest BCUT2D eigenvalue weighted by atomic mass is 16.6. The summed E-state index contributed by atoms with van der Waals surface area (Å²) in [5.41, 5.74) is 3.69. The van der Waals surface area contributed by atoms with E-state index in [4.69, 9.17) is 15.6 Å². The molecule has 0 aromatic heterocycles. The van der Waals surface area contributed by atoms with Crippen molar-refractivity contribution in [2.75, 3.05) is 6.61 Å². The van der Waals surface area contributed by atoms with Crippen molar-refractivity contribution in [2.24, 2.45) is 5.73 Å². The molecule has 2 atom stereocenters. The summed E-state index contributed by atoms with van der Waals surface area (Å²) in [7, 11) is 0. The van der Waals surface area contributed by atoms with Crippen LogP contribution in [0.25, 0.3) is 0 Å². The highest BCUT2D eigenvalue weighted by Crippen LogP contribution is 2.18. The van der Waals surface area contributed by atoms with E-state index in [1.807, 2.05) is 6.92 Å². The zero-order valence-electron chi connectivity index (χ0n) is 15.6. The Morgan fingerprint density at radius 1 is 1.11 bits per heavy atom. The number of hydrogen-bond acceptors (Lipinski definition) is 8. The number of carbonyl (C=O) groups is 4. The van der Waals surface area contributed by atoms with Gasteiger partial charge in [0.15, 0.2) is 5.60 Å². The fraction of sp³-hybridized carbons (Fsp3) is 0.474. The average molecular weight is 395 g/mol. The number of aliphatic hydroxyl groups is 1. The second kappa shape index (κ2) is 11.2. The third kappa shape index (κ3) is 7.85. The molecule has 0 fully saturated rings. The summed E-state index contributed by atoms with van der Waals surface area (Å²) >= 11 is 0. The molecule has 1 aromatic rings. The molecule has 0 radical (unpaired) electrons. The Morgan fingerprint density at radius 3 is 2.29 bits per heavy atom. The molecule has 154 valence electrons. The highest BCUT2D eigenvalue weighted by molar-refractivity contribution is 5.93. The number of carboxylic acids is 1. The molecule has 9 heteroatoms. The SMILES string of the molecule is CCCCOC(=O)CC(O)(CC(=O)OC(=O)[C@@H](N)Cc1ccccc1)C(=O)O. The summed E-state index contributed by atoms with van der Waals surface area (Å²) < 4.78 is 9.33. The van der Waals surface area contributed by atoms with Crippen LogP contribution in [0.4, 0.5) is 0 Å². The second-order valence-electron chi connectivity index (χ2n) is 6.35. The summed E-state index contributed by atoms with van der Waals surface area (Å²) in [6.45, 7) is 1.94. The molecular formula is C19H25NO8. The number of benzene rings is 1. The maximum atomic E-state index is 11.9. The molecule has 1 unspecified atom stereocenters. The molecule has 0 saturated carbocycles. The van der Waals surface area contributed by atoms with Crippen LogP contribution in [0.5, 0.6) is 0 Å². The standard InChI is InChI=1S/C19H25NO8/c1-2-3-9-27-15(21)11-19(26,18(24)25)12-16(22)28-17(23)14(20)10-13-7-5-4-6-8-13/h4-8,14,26H,2-3,9-12,20H2,1H3,(H,24,25)/t14-,19?/m0/s1. The Bertz CT molecular complexity index is 690. The zero-order chi connectivity index (χ0) is 21.2. The predicted molar refractivity (Wildman–Crippen MR) is 96.9 cm³/mol. The van der Waals surface area contributed by atoms with Crippen LogP contribution in [0.3, 0.4) is 0 Å². The van der Waals surface area contributed by atoms with E-state index in [-0.39, 0.29) is 13.0 Å². The van der Waals surface area contributed by atoms with Gasteiger partial charge in [0, 0.05) is 0 Å². The lowest BCUT2D eigenvalue weighted by atomic mass is 9.96. The first-order chi connectivity index (χ1) is 13.2. The quantitative estimate of drug-likeness (QED) is 0.277. The first kappa shape index (κ1) is 23.3. The van der Waals surface area contributed by atoms with Crippen molar-refractivity contribution in [1.29, 1.82) is 0 Å². The summed E-state index contributed by atoms with van der Waals surface area (Å²) in [6, 6.07) is 7.63. The van der Waals surface area contributed by atoms with Gasteiger partial charge >= 0.3 is 23.9 Å².